The van der Waals surface area contributed by atoms with E-state index < -0.39 is 0 Å². The van der Waals surface area contributed by atoms with E-state index in [4.69, 9.17) is 16.3 Å². The molecule has 2 aromatic carbocycles. The van der Waals surface area contributed by atoms with Crippen LogP contribution < -0.4 is 15.4 Å². The minimum atomic E-state index is 0.0881. The summed E-state index contributed by atoms with van der Waals surface area (Å²) in [6.45, 7) is 6.71. The lowest BCUT2D eigenvalue weighted by molar-refractivity contribution is 0.244. The van der Waals surface area contributed by atoms with Crippen molar-refractivity contribution in [1.29, 1.82) is 0 Å². The molecule has 0 radical (unpaired) electrons. The number of rotatable bonds is 8. The van der Waals surface area contributed by atoms with E-state index in [-0.39, 0.29) is 6.10 Å². The Morgan fingerprint density at radius 3 is 2.64 bits per heavy atom. The Hall–Kier alpha value is -2.79. The molecule has 0 aliphatic heterocycles. The molecule has 2 N–H and O–H groups in total. The highest BCUT2D eigenvalue weighted by molar-refractivity contribution is 6.30. The van der Waals surface area contributed by atoms with Gasteiger partial charge in [0.05, 0.1) is 11.8 Å². The smallest absolute Gasteiger partial charge is 0.229 e. The number of hydrogen-bond acceptors (Lipinski definition) is 5. The summed E-state index contributed by atoms with van der Waals surface area (Å²) in [7, 11) is 0. The second-order valence-corrected chi connectivity index (χ2v) is 7.25. The Morgan fingerprint density at radius 1 is 1.04 bits per heavy atom. The van der Waals surface area contributed by atoms with Gasteiger partial charge in [-0.25, -0.2) is 4.98 Å². The molecule has 28 heavy (non-hydrogen) atoms. The Balaban J connectivity index is 1.68. The summed E-state index contributed by atoms with van der Waals surface area (Å²) in [5.41, 5.74) is 2.90. The van der Waals surface area contributed by atoms with Crippen LogP contribution in [0.15, 0.2) is 54.6 Å². The maximum atomic E-state index is 6.04. The highest BCUT2D eigenvalue weighted by atomic mass is 35.5. The molecule has 0 aliphatic rings. The number of nitrogens with zero attached hydrogens (tertiary/aromatic N) is 2. The van der Waals surface area contributed by atoms with E-state index in [9.17, 15) is 0 Å². The summed E-state index contributed by atoms with van der Waals surface area (Å²) >= 11 is 6.04. The van der Waals surface area contributed by atoms with E-state index in [1.807, 2.05) is 69.3 Å². The first-order valence-electron chi connectivity index (χ1n) is 9.36. The highest BCUT2D eigenvalue weighted by Crippen LogP contribution is 2.27. The van der Waals surface area contributed by atoms with Crippen LogP contribution in [-0.2, 0) is 6.42 Å². The van der Waals surface area contributed by atoms with E-state index in [0.29, 0.717) is 5.95 Å². The molecule has 6 heteroatoms. The predicted molar refractivity (Wildman–Crippen MR) is 116 cm³/mol. The largest absolute Gasteiger partial charge is 0.489 e. The fourth-order valence-electron chi connectivity index (χ4n) is 2.79. The molecule has 0 amide bonds. The van der Waals surface area contributed by atoms with Crippen LogP contribution in [0.1, 0.15) is 25.1 Å². The van der Waals surface area contributed by atoms with Crippen LogP contribution in [0.2, 0.25) is 5.02 Å². The molecule has 0 fully saturated rings. The number of nitrogens with one attached hydrogen (secondary N) is 2. The van der Waals surface area contributed by atoms with Crippen LogP contribution in [0.25, 0.3) is 0 Å². The average molecular weight is 397 g/mol. The number of benzene rings is 2. The van der Waals surface area contributed by atoms with Gasteiger partial charge in [-0.3, -0.25) is 0 Å². The lowest BCUT2D eigenvalue weighted by Gasteiger charge is -2.15. The zero-order valence-electron chi connectivity index (χ0n) is 16.4. The quantitative estimate of drug-likeness (QED) is 0.517. The minimum Gasteiger partial charge on any atom is -0.489 e. The molecule has 1 heterocycles. The standard InChI is InChI=1S/C22H25ClN4O/c1-15(2)28-20-10-5-4-9-19(20)26-22-25-16(3)13-21(27-22)24-12-11-17-7-6-8-18(23)14-17/h4-10,13-15H,11-12H2,1-3H3,(H2,24,25,26,27). The van der Waals surface area contributed by atoms with E-state index in [0.717, 1.165) is 40.9 Å². The number of hydrogen-bond donors (Lipinski definition) is 2. The second-order valence-electron chi connectivity index (χ2n) is 6.81. The third-order valence-electron chi connectivity index (χ3n) is 3.96. The van der Waals surface area contributed by atoms with Crippen LogP contribution in [0.3, 0.4) is 0 Å². The first kappa shape index (κ1) is 20.0. The van der Waals surface area contributed by atoms with Gasteiger partial charge < -0.3 is 15.4 Å². The molecular weight excluding hydrogens is 372 g/mol. The number of para-hydroxylation sites is 2. The van der Waals surface area contributed by atoms with Crippen molar-refractivity contribution in [3.63, 3.8) is 0 Å². The molecule has 0 spiro atoms. The number of halogens is 1. The third kappa shape index (κ3) is 5.86. The van der Waals surface area contributed by atoms with Gasteiger partial charge in [0.25, 0.3) is 0 Å². The Kier molecular flexibility index (Phi) is 6.71. The van der Waals surface area contributed by atoms with Gasteiger partial charge in [-0.2, -0.15) is 4.98 Å². The summed E-state index contributed by atoms with van der Waals surface area (Å²) in [5.74, 6) is 2.09. The average Bonchev–Trinajstić information content (AvgIpc) is 2.63. The van der Waals surface area contributed by atoms with Crippen molar-refractivity contribution in [2.24, 2.45) is 0 Å². The SMILES string of the molecule is Cc1cc(NCCc2cccc(Cl)c2)nc(Nc2ccccc2OC(C)C)n1. The van der Waals surface area contributed by atoms with Gasteiger partial charge >= 0.3 is 0 Å². The normalized spacial score (nSPS) is 10.8. The second kappa shape index (κ2) is 9.42. The Morgan fingerprint density at radius 2 is 1.86 bits per heavy atom. The summed E-state index contributed by atoms with van der Waals surface area (Å²) in [6, 6.07) is 17.6. The van der Waals surface area contributed by atoms with Crippen molar-refractivity contribution >= 4 is 29.1 Å². The summed E-state index contributed by atoms with van der Waals surface area (Å²) < 4.78 is 5.86. The monoisotopic (exact) mass is 396 g/mol. The molecule has 3 aromatic rings. The van der Waals surface area contributed by atoms with Crippen LogP contribution in [0, 0.1) is 6.92 Å². The molecule has 3 rings (SSSR count). The van der Waals surface area contributed by atoms with Crippen LogP contribution in [0.5, 0.6) is 5.75 Å². The Labute approximate surface area is 171 Å². The number of aryl methyl sites for hydroxylation is 1. The number of ether oxygens (including phenoxy) is 1. The van der Waals surface area contributed by atoms with Gasteiger partial charge in [0, 0.05) is 23.3 Å². The molecule has 0 unspecified atom stereocenters. The lowest BCUT2D eigenvalue weighted by atomic mass is 10.1. The summed E-state index contributed by atoms with van der Waals surface area (Å²) in [4.78, 5) is 9.07. The topological polar surface area (TPSA) is 59.1 Å². The maximum Gasteiger partial charge on any atom is 0.229 e. The number of anilines is 3. The third-order valence-corrected chi connectivity index (χ3v) is 4.19. The van der Waals surface area contributed by atoms with Crippen molar-refractivity contribution in [1.82, 2.24) is 9.97 Å². The van der Waals surface area contributed by atoms with Crippen molar-refractivity contribution in [3.05, 3.63) is 70.9 Å². The minimum absolute atomic E-state index is 0.0881. The molecular formula is C22H25ClN4O. The van der Waals surface area contributed by atoms with E-state index in [1.165, 1.54) is 5.56 Å². The van der Waals surface area contributed by atoms with Crippen molar-refractivity contribution in [2.75, 3.05) is 17.2 Å². The van der Waals surface area contributed by atoms with Crippen molar-refractivity contribution in [2.45, 2.75) is 33.3 Å². The van der Waals surface area contributed by atoms with E-state index in [2.05, 4.69) is 26.7 Å². The van der Waals surface area contributed by atoms with E-state index in [1.54, 1.807) is 0 Å². The fraction of sp³-hybridized carbons (Fsp3) is 0.273. The van der Waals surface area contributed by atoms with Crippen LogP contribution in [-0.4, -0.2) is 22.6 Å². The zero-order chi connectivity index (χ0) is 19.9. The maximum absolute atomic E-state index is 6.04. The van der Waals surface area contributed by atoms with Crippen molar-refractivity contribution < 1.29 is 4.74 Å². The molecule has 0 saturated heterocycles. The van der Waals surface area contributed by atoms with Gasteiger partial charge in [0.2, 0.25) is 5.95 Å². The zero-order valence-corrected chi connectivity index (χ0v) is 17.1. The predicted octanol–water partition coefficient (Wildman–Crippen LogP) is 5.62. The van der Waals surface area contributed by atoms with Crippen LogP contribution in [0.4, 0.5) is 17.5 Å². The lowest BCUT2D eigenvalue weighted by Crippen LogP contribution is -2.10. The summed E-state index contributed by atoms with van der Waals surface area (Å²) in [6.07, 6.45) is 0.947. The summed E-state index contributed by atoms with van der Waals surface area (Å²) in [5, 5.41) is 7.38. The number of aromatic nitrogens is 2. The fourth-order valence-corrected chi connectivity index (χ4v) is 3.00. The highest BCUT2D eigenvalue weighted by Gasteiger charge is 2.08. The molecule has 146 valence electrons. The van der Waals surface area contributed by atoms with Crippen molar-refractivity contribution in [3.8, 4) is 5.75 Å². The Bertz CT molecular complexity index is 930. The molecule has 5 nitrogen and oxygen atoms in total. The van der Waals surface area contributed by atoms with E-state index >= 15 is 0 Å². The molecule has 0 saturated carbocycles. The van der Waals surface area contributed by atoms with Gasteiger partial charge in [-0.1, -0.05) is 35.9 Å². The van der Waals surface area contributed by atoms with Gasteiger partial charge in [-0.15, -0.1) is 0 Å². The van der Waals surface area contributed by atoms with Gasteiger partial charge in [-0.05, 0) is 57.0 Å². The molecule has 0 atom stereocenters. The first-order chi connectivity index (χ1) is 13.5. The first-order valence-corrected chi connectivity index (χ1v) is 9.74. The molecule has 0 aliphatic carbocycles. The van der Waals surface area contributed by atoms with Crippen LogP contribution >= 0.6 is 11.6 Å². The van der Waals surface area contributed by atoms with Gasteiger partial charge in [0.15, 0.2) is 0 Å². The molecule has 0 bridgehead atoms. The van der Waals surface area contributed by atoms with Gasteiger partial charge in [0.1, 0.15) is 11.6 Å². The molecule has 1 aromatic heterocycles.